The van der Waals surface area contributed by atoms with Gasteiger partial charge in [0.25, 0.3) is 5.92 Å². The first-order valence-corrected chi connectivity index (χ1v) is 6.22. The minimum atomic E-state index is -2.84. The van der Waals surface area contributed by atoms with E-state index in [0.717, 1.165) is 5.69 Å². The highest BCUT2D eigenvalue weighted by molar-refractivity contribution is 5.20. The molecule has 100 valence electrons. The van der Waals surface area contributed by atoms with Gasteiger partial charge in [-0.25, -0.2) is 0 Å². The van der Waals surface area contributed by atoms with Gasteiger partial charge in [-0.05, 0) is 12.1 Å². The van der Waals surface area contributed by atoms with Gasteiger partial charge in [-0.15, -0.1) is 0 Å². The van der Waals surface area contributed by atoms with Gasteiger partial charge in [0.2, 0.25) is 0 Å². The van der Waals surface area contributed by atoms with Crippen molar-refractivity contribution in [3.63, 3.8) is 0 Å². The van der Waals surface area contributed by atoms with Crippen LogP contribution in [0.25, 0.3) is 0 Å². The standard InChI is InChI=1S/C15H16F2N2/c16-15(17,13-6-2-1-3-7-13)12-18-11-9-14-8-4-5-10-19-14/h1-8,10,18H,9,11-12H2. The number of pyridine rings is 1. The zero-order chi connectivity index (χ0) is 13.6. The van der Waals surface area contributed by atoms with Gasteiger partial charge in [0, 0.05) is 30.4 Å². The molecule has 0 aliphatic rings. The number of nitrogens with zero attached hydrogens (tertiary/aromatic N) is 1. The lowest BCUT2D eigenvalue weighted by Crippen LogP contribution is -2.32. The molecule has 2 nitrogen and oxygen atoms in total. The van der Waals surface area contributed by atoms with Gasteiger partial charge in [0.15, 0.2) is 0 Å². The second-order valence-corrected chi connectivity index (χ2v) is 4.32. The molecule has 0 radical (unpaired) electrons. The first kappa shape index (κ1) is 13.6. The summed E-state index contributed by atoms with van der Waals surface area (Å²) in [6.07, 6.45) is 2.35. The zero-order valence-electron chi connectivity index (χ0n) is 10.5. The molecule has 1 heterocycles. The first-order chi connectivity index (χ1) is 9.18. The van der Waals surface area contributed by atoms with E-state index in [-0.39, 0.29) is 12.1 Å². The normalized spacial score (nSPS) is 11.5. The quantitative estimate of drug-likeness (QED) is 0.809. The predicted octanol–water partition coefficient (Wildman–Crippen LogP) is 3.01. The molecular weight excluding hydrogens is 246 g/mol. The minimum absolute atomic E-state index is 0.0420. The lowest BCUT2D eigenvalue weighted by molar-refractivity contribution is -0.00287. The van der Waals surface area contributed by atoms with E-state index in [2.05, 4.69) is 10.3 Å². The minimum Gasteiger partial charge on any atom is -0.310 e. The SMILES string of the molecule is FC(F)(CNCCc1ccccn1)c1ccccc1. The Morgan fingerprint density at radius 1 is 1.00 bits per heavy atom. The highest BCUT2D eigenvalue weighted by atomic mass is 19.3. The van der Waals surface area contributed by atoms with E-state index in [0.29, 0.717) is 13.0 Å². The van der Waals surface area contributed by atoms with Gasteiger partial charge in [-0.2, -0.15) is 8.78 Å². The maximum Gasteiger partial charge on any atom is 0.285 e. The van der Waals surface area contributed by atoms with Crippen molar-refractivity contribution in [2.45, 2.75) is 12.3 Å². The topological polar surface area (TPSA) is 24.9 Å². The summed E-state index contributed by atoms with van der Waals surface area (Å²) in [6.45, 7) is 0.128. The Morgan fingerprint density at radius 2 is 1.74 bits per heavy atom. The molecule has 0 fully saturated rings. The number of aromatic nitrogens is 1. The number of nitrogens with one attached hydrogen (secondary N) is 1. The number of hydrogen-bond donors (Lipinski definition) is 1. The van der Waals surface area contributed by atoms with Crippen molar-refractivity contribution in [3.8, 4) is 0 Å². The average Bonchev–Trinajstić information content (AvgIpc) is 2.46. The van der Waals surface area contributed by atoms with Crippen molar-refractivity contribution in [2.75, 3.05) is 13.1 Å². The third kappa shape index (κ3) is 4.10. The van der Waals surface area contributed by atoms with E-state index in [1.807, 2.05) is 18.2 Å². The van der Waals surface area contributed by atoms with Gasteiger partial charge in [-0.1, -0.05) is 36.4 Å². The first-order valence-electron chi connectivity index (χ1n) is 6.22. The fourth-order valence-electron chi connectivity index (χ4n) is 1.79. The molecule has 19 heavy (non-hydrogen) atoms. The lowest BCUT2D eigenvalue weighted by Gasteiger charge is -2.17. The van der Waals surface area contributed by atoms with Gasteiger partial charge in [0.05, 0.1) is 6.54 Å². The van der Waals surface area contributed by atoms with Gasteiger partial charge in [0.1, 0.15) is 0 Å². The van der Waals surface area contributed by atoms with Crippen LogP contribution in [0, 0.1) is 0 Å². The molecule has 0 aliphatic carbocycles. The Kier molecular flexibility index (Phi) is 4.58. The van der Waals surface area contributed by atoms with Crippen LogP contribution in [-0.2, 0) is 12.3 Å². The van der Waals surface area contributed by atoms with E-state index in [9.17, 15) is 8.78 Å². The Bertz CT molecular complexity index is 486. The van der Waals surface area contributed by atoms with Crippen LogP contribution in [0.3, 0.4) is 0 Å². The molecule has 1 aromatic heterocycles. The summed E-state index contributed by atoms with van der Waals surface area (Å²) in [5, 5.41) is 2.78. The van der Waals surface area contributed by atoms with Crippen molar-refractivity contribution in [2.24, 2.45) is 0 Å². The largest absolute Gasteiger partial charge is 0.310 e. The fraction of sp³-hybridized carbons (Fsp3) is 0.267. The average molecular weight is 262 g/mol. The predicted molar refractivity (Wildman–Crippen MR) is 71.1 cm³/mol. The number of alkyl halides is 2. The molecule has 0 saturated heterocycles. The van der Waals surface area contributed by atoms with E-state index in [4.69, 9.17) is 0 Å². The van der Waals surface area contributed by atoms with E-state index >= 15 is 0 Å². The van der Waals surface area contributed by atoms with Gasteiger partial charge >= 0.3 is 0 Å². The zero-order valence-corrected chi connectivity index (χ0v) is 10.5. The molecule has 0 aliphatic heterocycles. The van der Waals surface area contributed by atoms with Gasteiger partial charge in [-0.3, -0.25) is 4.98 Å². The lowest BCUT2D eigenvalue weighted by atomic mass is 10.1. The van der Waals surface area contributed by atoms with E-state index in [1.165, 1.54) is 12.1 Å². The Morgan fingerprint density at radius 3 is 2.42 bits per heavy atom. The molecule has 0 unspecified atom stereocenters. The molecule has 4 heteroatoms. The van der Waals surface area contributed by atoms with Crippen molar-refractivity contribution >= 4 is 0 Å². The van der Waals surface area contributed by atoms with Crippen LogP contribution in [0.1, 0.15) is 11.3 Å². The van der Waals surface area contributed by atoms with Crippen LogP contribution in [0.5, 0.6) is 0 Å². The maximum atomic E-state index is 13.8. The van der Waals surface area contributed by atoms with E-state index in [1.54, 1.807) is 24.4 Å². The van der Waals surface area contributed by atoms with Crippen LogP contribution in [-0.4, -0.2) is 18.1 Å². The van der Waals surface area contributed by atoms with Gasteiger partial charge < -0.3 is 5.32 Å². The van der Waals surface area contributed by atoms with Crippen LogP contribution >= 0.6 is 0 Å². The molecular formula is C15H16F2N2. The van der Waals surface area contributed by atoms with Crippen LogP contribution < -0.4 is 5.32 Å². The number of halogens is 2. The Balaban J connectivity index is 1.79. The van der Waals surface area contributed by atoms with Crippen molar-refractivity contribution in [1.29, 1.82) is 0 Å². The maximum absolute atomic E-state index is 13.8. The molecule has 0 saturated carbocycles. The van der Waals surface area contributed by atoms with Crippen LogP contribution in [0.4, 0.5) is 8.78 Å². The summed E-state index contributed by atoms with van der Waals surface area (Å²) >= 11 is 0. The molecule has 1 aromatic carbocycles. The molecule has 0 amide bonds. The van der Waals surface area contributed by atoms with Crippen molar-refractivity contribution in [1.82, 2.24) is 10.3 Å². The smallest absolute Gasteiger partial charge is 0.285 e. The second kappa shape index (κ2) is 6.38. The number of benzene rings is 1. The summed E-state index contributed by atoms with van der Waals surface area (Å²) in [7, 11) is 0. The van der Waals surface area contributed by atoms with Crippen molar-refractivity contribution in [3.05, 3.63) is 66.0 Å². The molecule has 0 atom stereocenters. The summed E-state index contributed by atoms with van der Waals surface area (Å²) in [6, 6.07) is 13.5. The third-order valence-electron chi connectivity index (χ3n) is 2.83. The molecule has 0 bridgehead atoms. The van der Waals surface area contributed by atoms with Crippen LogP contribution in [0.2, 0.25) is 0 Å². The summed E-state index contributed by atoms with van der Waals surface area (Å²) in [4.78, 5) is 4.14. The molecule has 2 rings (SSSR count). The highest BCUT2D eigenvalue weighted by Crippen LogP contribution is 2.26. The summed E-state index contributed by atoms with van der Waals surface area (Å²) < 4.78 is 27.6. The Labute approximate surface area is 111 Å². The number of rotatable bonds is 6. The number of hydrogen-bond acceptors (Lipinski definition) is 2. The molecule has 0 spiro atoms. The highest BCUT2D eigenvalue weighted by Gasteiger charge is 2.30. The summed E-state index contributed by atoms with van der Waals surface area (Å²) in [5.41, 5.74) is 0.943. The molecule has 1 N–H and O–H groups in total. The van der Waals surface area contributed by atoms with Crippen LogP contribution in [0.15, 0.2) is 54.7 Å². The monoisotopic (exact) mass is 262 g/mol. The van der Waals surface area contributed by atoms with Crippen molar-refractivity contribution < 1.29 is 8.78 Å². The Hall–Kier alpha value is -1.81. The molecule has 2 aromatic rings. The third-order valence-corrected chi connectivity index (χ3v) is 2.83. The fourth-order valence-corrected chi connectivity index (χ4v) is 1.79. The second-order valence-electron chi connectivity index (χ2n) is 4.32. The summed E-state index contributed by atoms with van der Waals surface area (Å²) in [5.74, 6) is -2.84. The van der Waals surface area contributed by atoms with E-state index < -0.39 is 5.92 Å².